The van der Waals surface area contributed by atoms with E-state index in [1.165, 1.54) is 18.5 Å². The van der Waals surface area contributed by atoms with E-state index in [-0.39, 0.29) is 22.8 Å². The van der Waals surface area contributed by atoms with Gasteiger partial charge >= 0.3 is 6.18 Å². The van der Waals surface area contributed by atoms with E-state index in [0.717, 1.165) is 17.7 Å². The molecule has 1 aromatic heterocycles. The van der Waals surface area contributed by atoms with Crippen molar-refractivity contribution in [3.8, 4) is 23.7 Å². The van der Waals surface area contributed by atoms with E-state index in [9.17, 15) is 18.0 Å². The van der Waals surface area contributed by atoms with Gasteiger partial charge < -0.3 is 11.1 Å². The topological polar surface area (TPSA) is 84.1 Å². The summed E-state index contributed by atoms with van der Waals surface area (Å²) in [5.74, 6) is 10.9. The van der Waals surface area contributed by atoms with Gasteiger partial charge in [-0.05, 0) is 56.9 Å². The third-order valence-corrected chi connectivity index (χ3v) is 4.66. The molecule has 0 aliphatic heterocycles. The average Bonchev–Trinajstić information content (AvgIpc) is 2.78. The summed E-state index contributed by atoms with van der Waals surface area (Å²) in [6.45, 7) is 2.21. The van der Waals surface area contributed by atoms with Crippen molar-refractivity contribution in [2.75, 3.05) is 31.7 Å². The number of nitrogens with one attached hydrogen (secondary N) is 1. The van der Waals surface area contributed by atoms with Gasteiger partial charge in [-0.25, -0.2) is 9.97 Å². The minimum Gasteiger partial charge on any atom is -0.368 e. The lowest BCUT2D eigenvalue weighted by Crippen LogP contribution is -2.14. The molecule has 178 valence electrons. The molecule has 35 heavy (non-hydrogen) atoms. The Labute approximate surface area is 201 Å². The van der Waals surface area contributed by atoms with Crippen molar-refractivity contribution in [2.45, 2.75) is 13.1 Å². The predicted molar refractivity (Wildman–Crippen MR) is 128 cm³/mol. The Bertz CT molecular complexity index is 1360. The summed E-state index contributed by atoms with van der Waals surface area (Å²) >= 11 is 0. The van der Waals surface area contributed by atoms with Crippen molar-refractivity contribution in [3.05, 3.63) is 82.2 Å². The van der Waals surface area contributed by atoms with Crippen molar-refractivity contribution in [1.82, 2.24) is 14.9 Å². The first-order chi connectivity index (χ1) is 16.5. The number of alkyl halides is 3. The maximum Gasteiger partial charge on any atom is 0.416 e. The zero-order chi connectivity index (χ0) is 25.6. The number of anilines is 2. The molecule has 1 amide bonds. The highest BCUT2D eigenvalue weighted by Crippen LogP contribution is 2.32. The van der Waals surface area contributed by atoms with Gasteiger partial charge in [0.25, 0.3) is 5.91 Å². The monoisotopic (exact) mass is 477 g/mol. The number of hydrogen-bond acceptors (Lipinski definition) is 5. The lowest BCUT2D eigenvalue weighted by Gasteiger charge is -2.12. The molecule has 0 aliphatic carbocycles. The number of benzene rings is 2. The molecule has 2 aromatic carbocycles. The van der Waals surface area contributed by atoms with Crippen molar-refractivity contribution >= 4 is 17.5 Å². The van der Waals surface area contributed by atoms with Crippen molar-refractivity contribution in [1.29, 1.82) is 0 Å². The molecule has 0 unspecified atom stereocenters. The highest BCUT2D eigenvalue weighted by molar-refractivity contribution is 6.04. The molecule has 0 aliphatic rings. The lowest BCUT2D eigenvalue weighted by molar-refractivity contribution is -0.137. The summed E-state index contributed by atoms with van der Waals surface area (Å²) in [4.78, 5) is 22.4. The minimum atomic E-state index is -4.59. The Balaban J connectivity index is 1.88. The third kappa shape index (κ3) is 7.32. The van der Waals surface area contributed by atoms with Crippen LogP contribution in [0, 0.1) is 30.6 Å². The number of aromatic nitrogens is 2. The lowest BCUT2D eigenvalue weighted by atomic mass is 10.0. The Hall–Kier alpha value is -4.34. The van der Waals surface area contributed by atoms with Gasteiger partial charge in [-0.2, -0.15) is 13.2 Å². The number of carbonyl (C=O) groups is 1. The van der Waals surface area contributed by atoms with Gasteiger partial charge in [0, 0.05) is 34.8 Å². The van der Waals surface area contributed by atoms with Crippen LogP contribution in [0.5, 0.6) is 0 Å². The summed E-state index contributed by atoms with van der Waals surface area (Å²) < 4.78 is 40.2. The summed E-state index contributed by atoms with van der Waals surface area (Å²) in [7, 11) is 3.60. The number of halogens is 3. The van der Waals surface area contributed by atoms with Crippen molar-refractivity contribution in [2.24, 2.45) is 0 Å². The van der Waals surface area contributed by atoms with E-state index < -0.39 is 17.6 Å². The Morgan fingerprint density at radius 3 is 2.40 bits per heavy atom. The number of aryl methyl sites for hydroxylation is 1. The van der Waals surface area contributed by atoms with Gasteiger partial charge in [0.15, 0.2) is 0 Å². The standard InChI is InChI=1S/C26H22F3N5O/c1-17-6-8-21(13-20(17)9-7-19-15-31-25(30)32-16-19)24(35)33-23-12-18(5-4-10-34(2)3)11-22(14-23)26(27,28)29/h6,8,11-16H,10H2,1-3H3,(H,33,35)(H2,30,31,32). The van der Waals surface area contributed by atoms with Crippen LogP contribution in [-0.2, 0) is 6.18 Å². The fourth-order valence-electron chi connectivity index (χ4n) is 2.88. The Morgan fingerprint density at radius 2 is 1.74 bits per heavy atom. The van der Waals surface area contributed by atoms with E-state index in [4.69, 9.17) is 5.73 Å². The van der Waals surface area contributed by atoms with Crippen LogP contribution in [-0.4, -0.2) is 41.4 Å². The number of hydrogen-bond donors (Lipinski definition) is 2. The van der Waals surface area contributed by atoms with Crippen molar-refractivity contribution in [3.63, 3.8) is 0 Å². The second-order valence-corrected chi connectivity index (χ2v) is 7.90. The predicted octanol–water partition coefficient (Wildman–Crippen LogP) is 3.95. The molecular weight excluding hydrogens is 455 g/mol. The number of nitrogen functional groups attached to an aromatic ring is 1. The number of nitrogens with zero attached hydrogens (tertiary/aromatic N) is 3. The molecule has 3 aromatic rings. The van der Waals surface area contributed by atoms with Crippen LogP contribution in [0.3, 0.4) is 0 Å². The molecule has 0 bridgehead atoms. The highest BCUT2D eigenvalue weighted by atomic mass is 19.4. The fraction of sp³-hybridized carbons (Fsp3) is 0.192. The molecule has 6 nitrogen and oxygen atoms in total. The average molecular weight is 477 g/mol. The fourth-order valence-corrected chi connectivity index (χ4v) is 2.88. The number of nitrogens with two attached hydrogens (primary N) is 1. The van der Waals surface area contributed by atoms with Gasteiger partial charge in [-0.15, -0.1) is 0 Å². The SMILES string of the molecule is Cc1ccc(C(=O)Nc2cc(C#CCN(C)C)cc(C(F)(F)F)c2)cc1C#Cc1cnc(N)nc1. The van der Waals surface area contributed by atoms with Gasteiger partial charge in [-0.3, -0.25) is 9.69 Å². The third-order valence-electron chi connectivity index (χ3n) is 4.66. The van der Waals surface area contributed by atoms with E-state index >= 15 is 0 Å². The second-order valence-electron chi connectivity index (χ2n) is 7.90. The zero-order valence-corrected chi connectivity index (χ0v) is 19.3. The largest absolute Gasteiger partial charge is 0.416 e. The van der Waals surface area contributed by atoms with Crippen LogP contribution in [0.25, 0.3) is 0 Å². The van der Waals surface area contributed by atoms with Crippen LogP contribution >= 0.6 is 0 Å². The second kappa shape index (κ2) is 10.7. The smallest absolute Gasteiger partial charge is 0.368 e. The quantitative estimate of drug-likeness (QED) is 0.558. The van der Waals surface area contributed by atoms with Gasteiger partial charge in [-0.1, -0.05) is 29.7 Å². The first-order valence-corrected chi connectivity index (χ1v) is 10.4. The first kappa shape index (κ1) is 25.3. The van der Waals surface area contributed by atoms with Crippen LogP contribution < -0.4 is 11.1 Å². The molecule has 0 saturated heterocycles. The molecule has 9 heteroatoms. The van der Waals surface area contributed by atoms with E-state index in [0.29, 0.717) is 17.7 Å². The molecule has 1 heterocycles. The number of rotatable bonds is 3. The minimum absolute atomic E-state index is 0.00814. The van der Waals surface area contributed by atoms with Crippen LogP contribution in [0.1, 0.15) is 38.2 Å². The Kier molecular flexibility index (Phi) is 7.75. The van der Waals surface area contributed by atoms with Gasteiger partial charge in [0.2, 0.25) is 5.95 Å². The summed E-state index contributed by atoms with van der Waals surface area (Å²) in [5, 5.41) is 2.54. The van der Waals surface area contributed by atoms with E-state index in [1.807, 2.05) is 6.92 Å². The summed E-state index contributed by atoms with van der Waals surface area (Å²) in [6, 6.07) is 8.10. The Morgan fingerprint density at radius 1 is 1.03 bits per heavy atom. The maximum atomic E-state index is 13.4. The van der Waals surface area contributed by atoms with Crippen LogP contribution in [0.15, 0.2) is 48.8 Å². The van der Waals surface area contributed by atoms with E-state index in [2.05, 4.69) is 39.0 Å². The summed E-state index contributed by atoms with van der Waals surface area (Å²) in [5.41, 5.74) is 6.89. The normalized spacial score (nSPS) is 10.7. The highest BCUT2D eigenvalue weighted by Gasteiger charge is 2.31. The molecule has 0 atom stereocenters. The van der Waals surface area contributed by atoms with Crippen LogP contribution in [0.2, 0.25) is 0 Å². The number of amides is 1. The van der Waals surface area contributed by atoms with E-state index in [1.54, 1.807) is 37.2 Å². The molecular formula is C26H22F3N5O. The zero-order valence-electron chi connectivity index (χ0n) is 19.3. The molecule has 0 spiro atoms. The molecule has 0 saturated carbocycles. The number of carbonyl (C=O) groups excluding carboxylic acids is 1. The molecule has 3 N–H and O–H groups in total. The first-order valence-electron chi connectivity index (χ1n) is 10.4. The van der Waals surface area contributed by atoms with Gasteiger partial charge in [0.1, 0.15) is 0 Å². The molecule has 3 rings (SSSR count). The van der Waals surface area contributed by atoms with Crippen LogP contribution in [0.4, 0.5) is 24.8 Å². The summed E-state index contributed by atoms with van der Waals surface area (Å²) in [6.07, 6.45) is -1.63. The molecule has 0 radical (unpaired) electrons. The van der Waals surface area contributed by atoms with Gasteiger partial charge in [0.05, 0.1) is 17.7 Å². The molecule has 0 fully saturated rings. The van der Waals surface area contributed by atoms with Crippen molar-refractivity contribution < 1.29 is 18.0 Å². The maximum absolute atomic E-state index is 13.4.